The van der Waals surface area contributed by atoms with Crippen LogP contribution in [0.3, 0.4) is 0 Å². The topological polar surface area (TPSA) is 0 Å². The van der Waals surface area contributed by atoms with Crippen LogP contribution in [0.1, 0.15) is 105 Å². The van der Waals surface area contributed by atoms with E-state index in [1.807, 2.05) is 0 Å². The second-order valence-corrected chi connectivity index (χ2v) is 6.89. The molecule has 0 spiro atoms. The normalized spacial score (nSPS) is 13.7. The molecule has 0 aromatic carbocycles. The largest absolute Gasteiger partial charge is 0.119 e. The summed E-state index contributed by atoms with van der Waals surface area (Å²) in [5.74, 6) is 0.732. The van der Waals surface area contributed by atoms with Gasteiger partial charge in [0.05, 0.1) is 0 Å². The van der Waals surface area contributed by atoms with Gasteiger partial charge in [0.15, 0.2) is 0 Å². The molecule has 0 aliphatic rings. The smallest absolute Gasteiger partial charge is 0.0469 e. The van der Waals surface area contributed by atoms with Gasteiger partial charge in [0.1, 0.15) is 0 Å². The molecule has 0 bridgehead atoms. The molecule has 19 heavy (non-hydrogen) atoms. The van der Waals surface area contributed by atoms with Crippen molar-refractivity contribution in [2.24, 2.45) is 5.92 Å². The second kappa shape index (κ2) is 12.1. The Morgan fingerprint density at radius 1 is 0.684 bits per heavy atom. The standard InChI is InChI=1S/C18H37Cl/c1-5-9-11-12-13-14-16-17(15-10-6-2)18(19,7-3)8-4/h17H,5-16H2,1-4H3. The number of hydrogen-bond donors (Lipinski definition) is 0. The van der Waals surface area contributed by atoms with E-state index in [0.717, 1.165) is 18.8 Å². The zero-order chi connectivity index (χ0) is 14.6. The molecule has 1 atom stereocenters. The molecule has 116 valence electrons. The molecule has 0 nitrogen and oxygen atoms in total. The zero-order valence-electron chi connectivity index (χ0n) is 13.9. The van der Waals surface area contributed by atoms with Gasteiger partial charge in [0.2, 0.25) is 0 Å². The van der Waals surface area contributed by atoms with Gasteiger partial charge in [-0.2, -0.15) is 0 Å². The van der Waals surface area contributed by atoms with Crippen LogP contribution < -0.4 is 0 Å². The minimum Gasteiger partial charge on any atom is -0.119 e. The van der Waals surface area contributed by atoms with E-state index in [2.05, 4.69) is 27.7 Å². The lowest BCUT2D eigenvalue weighted by atomic mass is 9.80. The molecule has 0 fully saturated rings. The predicted molar refractivity (Wildman–Crippen MR) is 90.2 cm³/mol. The lowest BCUT2D eigenvalue weighted by Crippen LogP contribution is -2.30. The lowest BCUT2D eigenvalue weighted by Gasteiger charge is -2.34. The summed E-state index contributed by atoms with van der Waals surface area (Å²) in [6.07, 6.45) is 15.9. The molecule has 0 aromatic heterocycles. The van der Waals surface area contributed by atoms with Crippen molar-refractivity contribution >= 4 is 11.6 Å². The highest BCUT2D eigenvalue weighted by molar-refractivity contribution is 6.24. The van der Waals surface area contributed by atoms with E-state index in [0.29, 0.717) is 0 Å². The molecule has 0 rings (SSSR count). The van der Waals surface area contributed by atoms with Crippen molar-refractivity contribution in [1.82, 2.24) is 0 Å². The lowest BCUT2D eigenvalue weighted by molar-refractivity contribution is 0.291. The highest BCUT2D eigenvalue weighted by Gasteiger charge is 2.32. The monoisotopic (exact) mass is 288 g/mol. The highest BCUT2D eigenvalue weighted by atomic mass is 35.5. The van der Waals surface area contributed by atoms with Crippen LogP contribution in [0, 0.1) is 5.92 Å². The van der Waals surface area contributed by atoms with Crippen LogP contribution in [0.5, 0.6) is 0 Å². The van der Waals surface area contributed by atoms with Crippen molar-refractivity contribution in [1.29, 1.82) is 0 Å². The third kappa shape index (κ3) is 8.23. The van der Waals surface area contributed by atoms with Gasteiger partial charge < -0.3 is 0 Å². The van der Waals surface area contributed by atoms with Gasteiger partial charge in [0.25, 0.3) is 0 Å². The molecule has 0 saturated carbocycles. The molecule has 0 N–H and O–H groups in total. The van der Waals surface area contributed by atoms with Gasteiger partial charge in [0, 0.05) is 4.87 Å². The van der Waals surface area contributed by atoms with Crippen molar-refractivity contribution in [2.75, 3.05) is 0 Å². The van der Waals surface area contributed by atoms with Crippen LogP contribution >= 0.6 is 11.6 Å². The highest BCUT2D eigenvalue weighted by Crippen LogP contribution is 2.39. The van der Waals surface area contributed by atoms with Crippen molar-refractivity contribution < 1.29 is 0 Å². The Hall–Kier alpha value is 0.290. The summed E-state index contributed by atoms with van der Waals surface area (Å²) in [5, 5.41) is 0. The summed E-state index contributed by atoms with van der Waals surface area (Å²) in [6, 6.07) is 0. The fourth-order valence-corrected chi connectivity index (χ4v) is 3.33. The molecule has 0 aliphatic carbocycles. The van der Waals surface area contributed by atoms with Crippen molar-refractivity contribution in [3.05, 3.63) is 0 Å². The molecular weight excluding hydrogens is 252 g/mol. The van der Waals surface area contributed by atoms with Crippen LogP contribution in [-0.4, -0.2) is 4.87 Å². The first-order valence-corrected chi connectivity index (χ1v) is 9.21. The third-order valence-electron chi connectivity index (χ3n) is 4.72. The molecule has 0 aliphatic heterocycles. The summed E-state index contributed by atoms with van der Waals surface area (Å²) in [7, 11) is 0. The number of unbranched alkanes of at least 4 members (excludes halogenated alkanes) is 6. The Kier molecular flexibility index (Phi) is 12.2. The van der Waals surface area contributed by atoms with Gasteiger partial charge in [-0.05, 0) is 31.6 Å². The van der Waals surface area contributed by atoms with E-state index in [4.69, 9.17) is 11.6 Å². The van der Waals surface area contributed by atoms with Crippen LogP contribution in [-0.2, 0) is 0 Å². The molecule has 0 aromatic rings. The summed E-state index contributed by atoms with van der Waals surface area (Å²) in [5.41, 5.74) is 0. The first-order chi connectivity index (χ1) is 9.14. The molecule has 0 saturated heterocycles. The number of halogens is 1. The Balaban J connectivity index is 4.05. The maximum Gasteiger partial charge on any atom is 0.0469 e. The van der Waals surface area contributed by atoms with Gasteiger partial charge in [-0.15, -0.1) is 11.6 Å². The molecule has 1 heteroatoms. The fourth-order valence-electron chi connectivity index (χ4n) is 3.11. The quantitative estimate of drug-likeness (QED) is 0.246. The SMILES string of the molecule is CCCCCCCCC(CCCC)C(Cl)(CC)CC. The summed E-state index contributed by atoms with van der Waals surface area (Å²) in [4.78, 5) is 0.0680. The Morgan fingerprint density at radius 3 is 1.68 bits per heavy atom. The van der Waals surface area contributed by atoms with Gasteiger partial charge in [-0.3, -0.25) is 0 Å². The second-order valence-electron chi connectivity index (χ2n) is 6.14. The molecule has 0 radical (unpaired) electrons. The van der Waals surface area contributed by atoms with Crippen LogP contribution in [0.4, 0.5) is 0 Å². The number of rotatable bonds is 13. The summed E-state index contributed by atoms with van der Waals surface area (Å²) in [6.45, 7) is 9.09. The van der Waals surface area contributed by atoms with Crippen molar-refractivity contribution in [3.63, 3.8) is 0 Å². The number of alkyl halides is 1. The third-order valence-corrected chi connectivity index (χ3v) is 5.56. The van der Waals surface area contributed by atoms with Crippen LogP contribution in [0.25, 0.3) is 0 Å². The van der Waals surface area contributed by atoms with E-state index in [1.54, 1.807) is 0 Å². The van der Waals surface area contributed by atoms with Gasteiger partial charge in [-0.1, -0.05) is 79.1 Å². The molecule has 1 unspecified atom stereocenters. The van der Waals surface area contributed by atoms with Gasteiger partial charge in [-0.25, -0.2) is 0 Å². The van der Waals surface area contributed by atoms with Crippen LogP contribution in [0.15, 0.2) is 0 Å². The Morgan fingerprint density at radius 2 is 1.16 bits per heavy atom. The molecule has 0 amide bonds. The Labute approximate surface area is 127 Å². The van der Waals surface area contributed by atoms with E-state index in [1.165, 1.54) is 64.2 Å². The Bertz CT molecular complexity index is 184. The average Bonchev–Trinajstić information content (AvgIpc) is 2.45. The summed E-state index contributed by atoms with van der Waals surface area (Å²) < 4.78 is 0. The van der Waals surface area contributed by atoms with E-state index >= 15 is 0 Å². The predicted octanol–water partition coefficient (Wildman–Crippen LogP) is 7.34. The molecular formula is C18H37Cl. The van der Waals surface area contributed by atoms with Crippen molar-refractivity contribution in [3.8, 4) is 0 Å². The summed E-state index contributed by atoms with van der Waals surface area (Å²) >= 11 is 6.87. The minimum absolute atomic E-state index is 0.0680. The first kappa shape index (κ1) is 19.3. The van der Waals surface area contributed by atoms with E-state index < -0.39 is 0 Å². The zero-order valence-corrected chi connectivity index (χ0v) is 14.7. The minimum atomic E-state index is 0.0680. The van der Waals surface area contributed by atoms with E-state index in [9.17, 15) is 0 Å². The van der Waals surface area contributed by atoms with E-state index in [-0.39, 0.29) is 4.87 Å². The van der Waals surface area contributed by atoms with Crippen LogP contribution in [0.2, 0.25) is 0 Å². The maximum atomic E-state index is 6.87. The maximum absolute atomic E-state index is 6.87. The van der Waals surface area contributed by atoms with Crippen molar-refractivity contribution in [2.45, 2.75) is 110 Å². The number of hydrogen-bond acceptors (Lipinski definition) is 0. The molecule has 0 heterocycles. The first-order valence-electron chi connectivity index (χ1n) is 8.83. The van der Waals surface area contributed by atoms with Gasteiger partial charge >= 0.3 is 0 Å². The fraction of sp³-hybridized carbons (Fsp3) is 1.00. The average molecular weight is 289 g/mol.